The summed E-state index contributed by atoms with van der Waals surface area (Å²) in [5.74, 6) is 0.494. The summed E-state index contributed by atoms with van der Waals surface area (Å²) in [6.45, 7) is 0. The lowest BCUT2D eigenvalue weighted by molar-refractivity contribution is 0.477. The monoisotopic (exact) mass is 303 g/mol. The lowest BCUT2D eigenvalue weighted by Gasteiger charge is -2.09. The molecule has 0 aliphatic heterocycles. The predicted octanol–water partition coefficient (Wildman–Crippen LogP) is 2.97. The number of H-pyrrole nitrogens is 1. The van der Waals surface area contributed by atoms with Gasteiger partial charge in [0, 0.05) is 23.5 Å². The Kier molecular flexibility index (Phi) is 2.94. The molecule has 6 heteroatoms. The van der Waals surface area contributed by atoms with Crippen LogP contribution in [0.4, 0.5) is 5.82 Å². The summed E-state index contributed by atoms with van der Waals surface area (Å²) in [5, 5.41) is 17.9. The summed E-state index contributed by atoms with van der Waals surface area (Å²) in [5.41, 5.74) is 9.54. The third-order valence-corrected chi connectivity index (χ3v) is 3.69. The van der Waals surface area contributed by atoms with Crippen molar-refractivity contribution >= 4 is 16.7 Å². The van der Waals surface area contributed by atoms with Crippen LogP contribution in [-0.2, 0) is 0 Å². The number of hydrogen-bond acceptors (Lipinski definition) is 5. The zero-order valence-electron chi connectivity index (χ0n) is 12.1. The average Bonchev–Trinajstić information content (AvgIpc) is 2.97. The van der Waals surface area contributed by atoms with Crippen LogP contribution in [0.1, 0.15) is 0 Å². The number of hydrogen-bond donors (Lipinski definition) is 3. The SMILES string of the molecule is Nc1n[nH]c2cc(-c3cccnc3)nc(-c3ccccc3O)c12. The molecule has 3 aromatic heterocycles. The fourth-order valence-electron chi connectivity index (χ4n) is 2.60. The molecule has 6 nitrogen and oxygen atoms in total. The number of benzene rings is 1. The summed E-state index contributed by atoms with van der Waals surface area (Å²) >= 11 is 0. The van der Waals surface area contributed by atoms with E-state index in [0.29, 0.717) is 22.5 Å². The van der Waals surface area contributed by atoms with Crippen LogP contribution in [0.2, 0.25) is 0 Å². The third-order valence-electron chi connectivity index (χ3n) is 3.69. The molecule has 0 aliphatic carbocycles. The maximum Gasteiger partial charge on any atom is 0.155 e. The number of phenolic OH excluding ortho intramolecular Hbond substituents is 1. The van der Waals surface area contributed by atoms with Crippen LogP contribution in [0.5, 0.6) is 5.75 Å². The molecule has 0 radical (unpaired) electrons. The fourth-order valence-corrected chi connectivity index (χ4v) is 2.60. The molecule has 0 spiro atoms. The number of aromatic amines is 1. The van der Waals surface area contributed by atoms with E-state index in [-0.39, 0.29) is 5.75 Å². The highest BCUT2D eigenvalue weighted by Gasteiger charge is 2.16. The first-order chi connectivity index (χ1) is 11.2. The number of pyridine rings is 2. The number of nitrogen functional groups attached to an aromatic ring is 1. The van der Waals surface area contributed by atoms with E-state index in [4.69, 9.17) is 10.7 Å². The smallest absolute Gasteiger partial charge is 0.155 e. The van der Waals surface area contributed by atoms with Gasteiger partial charge in [0.25, 0.3) is 0 Å². The Bertz CT molecular complexity index is 994. The Hall–Kier alpha value is -3.41. The van der Waals surface area contributed by atoms with E-state index in [1.165, 1.54) is 0 Å². The second-order valence-electron chi connectivity index (χ2n) is 5.15. The van der Waals surface area contributed by atoms with E-state index < -0.39 is 0 Å². The minimum Gasteiger partial charge on any atom is -0.507 e. The molecule has 4 rings (SSSR count). The van der Waals surface area contributed by atoms with Gasteiger partial charge in [-0.3, -0.25) is 10.1 Å². The molecule has 0 bridgehead atoms. The van der Waals surface area contributed by atoms with Crippen LogP contribution in [-0.4, -0.2) is 25.3 Å². The van der Waals surface area contributed by atoms with Crippen molar-refractivity contribution in [1.82, 2.24) is 20.2 Å². The second-order valence-corrected chi connectivity index (χ2v) is 5.15. The lowest BCUT2D eigenvalue weighted by atomic mass is 10.0. The molecule has 0 fully saturated rings. The number of fused-ring (bicyclic) bond motifs is 1. The highest BCUT2D eigenvalue weighted by atomic mass is 16.3. The van der Waals surface area contributed by atoms with Crippen LogP contribution in [0.15, 0.2) is 54.9 Å². The summed E-state index contributed by atoms with van der Waals surface area (Å²) in [7, 11) is 0. The van der Waals surface area contributed by atoms with Crippen molar-refractivity contribution in [2.75, 3.05) is 5.73 Å². The first kappa shape index (κ1) is 13.3. The Morgan fingerprint density at radius 3 is 2.74 bits per heavy atom. The number of aromatic hydroxyl groups is 1. The van der Waals surface area contributed by atoms with Gasteiger partial charge in [0.05, 0.1) is 22.3 Å². The molecule has 3 heterocycles. The van der Waals surface area contributed by atoms with Crippen LogP contribution >= 0.6 is 0 Å². The van der Waals surface area contributed by atoms with E-state index in [1.54, 1.807) is 30.6 Å². The summed E-state index contributed by atoms with van der Waals surface area (Å²) in [6, 6.07) is 12.7. The van der Waals surface area contributed by atoms with E-state index in [2.05, 4.69) is 15.2 Å². The number of phenols is 1. The largest absolute Gasteiger partial charge is 0.507 e. The lowest BCUT2D eigenvalue weighted by Crippen LogP contribution is -1.93. The first-order valence-electron chi connectivity index (χ1n) is 7.07. The topological polar surface area (TPSA) is 101 Å². The van der Waals surface area contributed by atoms with Gasteiger partial charge in [-0.2, -0.15) is 5.10 Å². The van der Waals surface area contributed by atoms with Gasteiger partial charge in [0.2, 0.25) is 0 Å². The number of para-hydroxylation sites is 1. The third kappa shape index (κ3) is 2.17. The molecule has 1 aromatic carbocycles. The highest BCUT2D eigenvalue weighted by Crippen LogP contribution is 2.36. The molecular formula is C17H13N5O. The number of nitrogens with one attached hydrogen (secondary N) is 1. The minimum atomic E-state index is 0.144. The van der Waals surface area contributed by atoms with Gasteiger partial charge in [-0.1, -0.05) is 12.1 Å². The van der Waals surface area contributed by atoms with Gasteiger partial charge in [-0.15, -0.1) is 0 Å². The van der Waals surface area contributed by atoms with E-state index in [9.17, 15) is 5.11 Å². The van der Waals surface area contributed by atoms with Crippen molar-refractivity contribution in [2.24, 2.45) is 0 Å². The summed E-state index contributed by atoms with van der Waals surface area (Å²) < 4.78 is 0. The van der Waals surface area contributed by atoms with Crippen LogP contribution in [0, 0.1) is 0 Å². The van der Waals surface area contributed by atoms with Crippen LogP contribution in [0.3, 0.4) is 0 Å². The Morgan fingerprint density at radius 1 is 1.09 bits per heavy atom. The number of rotatable bonds is 2. The summed E-state index contributed by atoms with van der Waals surface area (Å²) in [6.07, 6.45) is 3.45. The Labute approximate surface area is 131 Å². The highest BCUT2D eigenvalue weighted by molar-refractivity contribution is 6.02. The maximum atomic E-state index is 10.2. The molecule has 4 aromatic rings. The molecule has 0 saturated carbocycles. The number of aromatic nitrogens is 4. The van der Waals surface area contributed by atoms with Crippen molar-refractivity contribution in [1.29, 1.82) is 0 Å². The Morgan fingerprint density at radius 2 is 1.96 bits per heavy atom. The van der Waals surface area contributed by atoms with Crippen LogP contribution in [0.25, 0.3) is 33.4 Å². The molecule has 0 aliphatic rings. The molecule has 23 heavy (non-hydrogen) atoms. The molecule has 0 unspecified atom stereocenters. The van der Waals surface area contributed by atoms with Crippen molar-refractivity contribution < 1.29 is 5.11 Å². The molecule has 4 N–H and O–H groups in total. The van der Waals surface area contributed by atoms with Crippen molar-refractivity contribution in [2.45, 2.75) is 0 Å². The second kappa shape index (κ2) is 5.10. The van der Waals surface area contributed by atoms with Crippen molar-refractivity contribution in [3.05, 3.63) is 54.9 Å². The maximum absolute atomic E-state index is 10.2. The minimum absolute atomic E-state index is 0.144. The quantitative estimate of drug-likeness (QED) is 0.528. The predicted molar refractivity (Wildman–Crippen MR) is 88.6 cm³/mol. The molecule has 0 amide bonds. The summed E-state index contributed by atoms with van der Waals surface area (Å²) in [4.78, 5) is 8.82. The standard InChI is InChI=1S/C17H13N5O/c18-17-15-13(21-22-17)8-12(10-4-3-7-19-9-10)20-16(15)11-5-1-2-6-14(11)23/h1-9,23H,(H3,18,21,22). The zero-order valence-corrected chi connectivity index (χ0v) is 12.1. The average molecular weight is 303 g/mol. The first-order valence-corrected chi connectivity index (χ1v) is 7.07. The van der Waals surface area contributed by atoms with Gasteiger partial charge >= 0.3 is 0 Å². The Balaban J connectivity index is 2.05. The number of anilines is 1. The van der Waals surface area contributed by atoms with Gasteiger partial charge in [0.1, 0.15) is 5.75 Å². The normalized spacial score (nSPS) is 11.0. The molecule has 112 valence electrons. The fraction of sp³-hybridized carbons (Fsp3) is 0. The van der Waals surface area contributed by atoms with Crippen LogP contribution < -0.4 is 5.73 Å². The molecule has 0 atom stereocenters. The zero-order chi connectivity index (χ0) is 15.8. The van der Waals surface area contributed by atoms with E-state index in [0.717, 1.165) is 16.8 Å². The molecule has 0 saturated heterocycles. The van der Waals surface area contributed by atoms with E-state index >= 15 is 0 Å². The van der Waals surface area contributed by atoms with Gasteiger partial charge < -0.3 is 10.8 Å². The van der Waals surface area contributed by atoms with Gasteiger partial charge in [-0.25, -0.2) is 4.98 Å². The van der Waals surface area contributed by atoms with E-state index in [1.807, 2.05) is 24.3 Å². The number of nitrogens with zero attached hydrogens (tertiary/aromatic N) is 3. The van der Waals surface area contributed by atoms with Crippen molar-refractivity contribution in [3.8, 4) is 28.3 Å². The molecular weight excluding hydrogens is 290 g/mol. The van der Waals surface area contributed by atoms with Gasteiger partial charge in [0.15, 0.2) is 5.82 Å². The van der Waals surface area contributed by atoms with Crippen molar-refractivity contribution in [3.63, 3.8) is 0 Å². The van der Waals surface area contributed by atoms with Gasteiger partial charge in [-0.05, 0) is 30.3 Å². The number of nitrogens with two attached hydrogens (primary N) is 1.